The van der Waals surface area contributed by atoms with E-state index in [0.29, 0.717) is 11.1 Å². The molecule has 46 heavy (non-hydrogen) atoms. The van der Waals surface area contributed by atoms with Crippen LogP contribution in [-0.2, 0) is 20.0 Å². The highest BCUT2D eigenvalue weighted by molar-refractivity contribution is 7.89. The number of rotatable bonds is 6. The van der Waals surface area contributed by atoms with E-state index in [4.69, 9.17) is 8.83 Å². The predicted molar refractivity (Wildman–Crippen MR) is 162 cm³/mol. The molecule has 0 bridgehead atoms. The van der Waals surface area contributed by atoms with E-state index in [1.165, 1.54) is 67.3 Å². The smallest absolute Gasteiger partial charge is 0.289 e. The van der Waals surface area contributed by atoms with Gasteiger partial charge in [-0.15, -0.1) is 0 Å². The molecule has 13 nitrogen and oxygen atoms in total. The Labute approximate surface area is 264 Å². The molecule has 2 fully saturated rings. The minimum atomic E-state index is -4.00. The highest BCUT2D eigenvalue weighted by Crippen LogP contribution is 2.40. The van der Waals surface area contributed by atoms with Crippen molar-refractivity contribution in [3.05, 3.63) is 95.8 Å². The molecule has 0 spiro atoms. The van der Waals surface area contributed by atoms with Gasteiger partial charge in [-0.2, -0.15) is 8.61 Å². The van der Waals surface area contributed by atoms with Gasteiger partial charge in [0.1, 0.15) is 0 Å². The van der Waals surface area contributed by atoms with Crippen LogP contribution >= 0.6 is 0 Å². The van der Waals surface area contributed by atoms with Gasteiger partial charge in [0, 0.05) is 63.5 Å². The summed E-state index contributed by atoms with van der Waals surface area (Å²) in [6.45, 7) is 1.01. The number of amides is 2. The van der Waals surface area contributed by atoms with Crippen molar-refractivity contribution in [1.29, 1.82) is 0 Å². The van der Waals surface area contributed by atoms with Crippen LogP contribution in [0, 0.1) is 0 Å². The second kappa shape index (κ2) is 11.3. The topological polar surface area (TPSA) is 159 Å². The highest BCUT2D eigenvalue weighted by Gasteiger charge is 2.36. The quantitative estimate of drug-likeness (QED) is 0.266. The standard InChI is InChI=1S/C31H28N4O9S2/c36-29-23-7-5-21(45(39,40)34-13-9-32(10-14-34)30(37)27-3-1-17-43-27)19-25(23)26-20-22(6-8-24(26)29)46(41,42)35-15-11-33(12-16-35)31(38)28-4-2-18-44-28/h1-8,17-20H,9-16H2. The van der Waals surface area contributed by atoms with E-state index >= 15 is 0 Å². The molecule has 2 amide bonds. The van der Waals surface area contributed by atoms with E-state index < -0.39 is 20.0 Å². The molecule has 7 rings (SSSR count). The van der Waals surface area contributed by atoms with Crippen LogP contribution in [0.2, 0.25) is 0 Å². The molecule has 0 saturated carbocycles. The minimum Gasteiger partial charge on any atom is -0.459 e. The highest BCUT2D eigenvalue weighted by atomic mass is 32.2. The largest absolute Gasteiger partial charge is 0.459 e. The first kappa shape index (κ1) is 30.1. The average molecular weight is 665 g/mol. The molecule has 2 aromatic carbocycles. The lowest BCUT2D eigenvalue weighted by atomic mass is 10.1. The van der Waals surface area contributed by atoms with E-state index in [1.807, 2.05) is 0 Å². The second-order valence-electron chi connectivity index (χ2n) is 11.1. The normalized spacial score (nSPS) is 17.6. The van der Waals surface area contributed by atoms with E-state index in [0.717, 1.165) is 0 Å². The summed E-state index contributed by atoms with van der Waals surface area (Å²) in [5.41, 5.74) is 1.22. The fourth-order valence-corrected chi connectivity index (χ4v) is 8.93. The Balaban J connectivity index is 1.10. The van der Waals surface area contributed by atoms with Gasteiger partial charge in [0.2, 0.25) is 20.0 Å². The lowest BCUT2D eigenvalue weighted by Crippen LogP contribution is -2.50. The second-order valence-corrected chi connectivity index (χ2v) is 15.0. The Kier molecular flexibility index (Phi) is 7.43. The molecule has 15 heteroatoms. The number of carbonyl (C=O) groups is 3. The zero-order chi connectivity index (χ0) is 32.2. The van der Waals surface area contributed by atoms with Gasteiger partial charge in [-0.1, -0.05) is 0 Å². The van der Waals surface area contributed by atoms with E-state index in [1.54, 1.807) is 24.3 Å². The fraction of sp³-hybridized carbons (Fsp3) is 0.258. The van der Waals surface area contributed by atoms with Crippen LogP contribution in [0.1, 0.15) is 37.0 Å². The van der Waals surface area contributed by atoms with Gasteiger partial charge in [0.25, 0.3) is 11.8 Å². The van der Waals surface area contributed by atoms with Gasteiger partial charge in [-0.25, -0.2) is 16.8 Å². The van der Waals surface area contributed by atoms with Gasteiger partial charge in [-0.3, -0.25) is 14.4 Å². The Bertz CT molecular complexity index is 1910. The number of ketones is 1. The summed E-state index contributed by atoms with van der Waals surface area (Å²) in [4.78, 5) is 41.4. The number of hydrogen-bond donors (Lipinski definition) is 0. The van der Waals surface area contributed by atoms with Crippen molar-refractivity contribution < 1.29 is 40.1 Å². The molecule has 0 radical (unpaired) electrons. The van der Waals surface area contributed by atoms with Crippen LogP contribution in [-0.4, -0.2) is 105 Å². The van der Waals surface area contributed by atoms with E-state index in [2.05, 4.69) is 0 Å². The fourth-order valence-electron chi connectivity index (χ4n) is 6.03. The number of hydrogen-bond acceptors (Lipinski definition) is 9. The van der Waals surface area contributed by atoms with Gasteiger partial charge < -0.3 is 18.6 Å². The molecule has 1 aliphatic carbocycles. The van der Waals surface area contributed by atoms with Gasteiger partial charge in [-0.05, 0) is 71.8 Å². The SMILES string of the molecule is O=C1c2ccc(S(=O)(=O)N3CCN(C(=O)c4ccco4)CC3)cc2-c2cc(S(=O)(=O)N3CCN(C(=O)c4ccco4)CC3)ccc21. The van der Waals surface area contributed by atoms with E-state index in [-0.39, 0.29) is 102 Å². The molecule has 4 aromatic rings. The summed E-state index contributed by atoms with van der Waals surface area (Å²) in [5.74, 6) is -0.591. The van der Waals surface area contributed by atoms with Gasteiger partial charge in [0.15, 0.2) is 17.3 Å². The Hall–Kier alpha value is -4.57. The van der Waals surface area contributed by atoms with Gasteiger partial charge >= 0.3 is 0 Å². The van der Waals surface area contributed by atoms with Crippen LogP contribution in [0.25, 0.3) is 11.1 Å². The summed E-state index contributed by atoms with van der Waals surface area (Å²) in [6, 6.07) is 14.8. The van der Waals surface area contributed by atoms with Crippen LogP contribution in [0.4, 0.5) is 0 Å². The third-order valence-corrected chi connectivity index (χ3v) is 12.3. The summed E-state index contributed by atoms with van der Waals surface area (Å²) < 4.78 is 67.5. The summed E-state index contributed by atoms with van der Waals surface area (Å²) in [7, 11) is -7.99. The van der Waals surface area contributed by atoms with Crippen molar-refractivity contribution in [2.45, 2.75) is 9.79 Å². The number of furan rings is 2. The molecule has 4 heterocycles. The molecule has 2 aromatic heterocycles. The lowest BCUT2D eigenvalue weighted by molar-refractivity contribution is 0.0660. The van der Waals surface area contributed by atoms with Crippen molar-refractivity contribution >= 4 is 37.6 Å². The Morgan fingerprint density at radius 3 is 1.28 bits per heavy atom. The third-order valence-electron chi connectivity index (χ3n) is 8.55. The molecule has 0 atom stereocenters. The summed E-state index contributed by atoms with van der Waals surface area (Å²) in [6.07, 6.45) is 2.80. The Morgan fingerprint density at radius 1 is 0.543 bits per heavy atom. The number of piperazine rings is 2. The lowest BCUT2D eigenvalue weighted by Gasteiger charge is -2.33. The maximum absolute atomic E-state index is 13.7. The first-order chi connectivity index (χ1) is 22.1. The van der Waals surface area contributed by atoms with Crippen molar-refractivity contribution in [1.82, 2.24) is 18.4 Å². The van der Waals surface area contributed by atoms with Crippen molar-refractivity contribution in [2.75, 3.05) is 52.4 Å². The summed E-state index contributed by atoms with van der Waals surface area (Å²) >= 11 is 0. The zero-order valence-electron chi connectivity index (χ0n) is 24.4. The minimum absolute atomic E-state index is 0.0386. The molecule has 3 aliphatic rings. The van der Waals surface area contributed by atoms with Gasteiger partial charge in [0.05, 0.1) is 22.3 Å². The van der Waals surface area contributed by atoms with Crippen LogP contribution in [0.15, 0.2) is 91.8 Å². The van der Waals surface area contributed by atoms with Crippen LogP contribution in [0.5, 0.6) is 0 Å². The summed E-state index contributed by atoms with van der Waals surface area (Å²) in [5, 5.41) is 0. The predicted octanol–water partition coefficient (Wildman–Crippen LogP) is 2.38. The molecule has 0 unspecified atom stereocenters. The molecule has 238 valence electrons. The third kappa shape index (κ3) is 5.05. The molecule has 0 N–H and O–H groups in total. The van der Waals surface area contributed by atoms with Crippen LogP contribution < -0.4 is 0 Å². The number of nitrogens with zero attached hydrogens (tertiary/aromatic N) is 4. The maximum atomic E-state index is 13.7. The molecule has 2 saturated heterocycles. The first-order valence-corrected chi connectivity index (χ1v) is 17.4. The maximum Gasteiger partial charge on any atom is 0.289 e. The van der Waals surface area contributed by atoms with Crippen molar-refractivity contribution in [3.8, 4) is 11.1 Å². The number of benzene rings is 2. The number of carbonyl (C=O) groups excluding carboxylic acids is 3. The monoisotopic (exact) mass is 664 g/mol. The molecular formula is C31H28N4O9S2. The zero-order valence-corrected chi connectivity index (χ0v) is 26.0. The van der Waals surface area contributed by atoms with Crippen LogP contribution in [0.3, 0.4) is 0 Å². The van der Waals surface area contributed by atoms with Crippen molar-refractivity contribution in [2.24, 2.45) is 0 Å². The van der Waals surface area contributed by atoms with E-state index in [9.17, 15) is 31.2 Å². The average Bonchev–Trinajstić information content (AvgIpc) is 3.87. The number of sulfonamides is 2. The van der Waals surface area contributed by atoms with Crippen molar-refractivity contribution in [3.63, 3.8) is 0 Å². The molecule has 2 aliphatic heterocycles. The molecular weight excluding hydrogens is 636 g/mol. The first-order valence-electron chi connectivity index (χ1n) is 14.5. The Morgan fingerprint density at radius 2 is 0.935 bits per heavy atom. The number of fused-ring (bicyclic) bond motifs is 3.